The van der Waals surface area contributed by atoms with E-state index in [9.17, 15) is 14.7 Å². The van der Waals surface area contributed by atoms with Gasteiger partial charge in [0.25, 0.3) is 5.91 Å². The molecule has 2 aromatic heterocycles. The zero-order valence-corrected chi connectivity index (χ0v) is 13.1. The molecule has 0 saturated heterocycles. The first-order valence-corrected chi connectivity index (χ1v) is 7.83. The van der Waals surface area contributed by atoms with Gasteiger partial charge in [-0.15, -0.1) is 11.3 Å². The fourth-order valence-electron chi connectivity index (χ4n) is 1.61. The molecule has 0 aliphatic carbocycles. The minimum atomic E-state index is -1.37. The lowest BCUT2D eigenvalue weighted by molar-refractivity contribution is -0.149. The van der Waals surface area contributed by atoms with Gasteiger partial charge in [0.05, 0.1) is 19.3 Å². The molecule has 0 radical (unpaired) electrons. The number of ether oxygens (including phenoxy) is 1. The molecular formula is C13H14N2O4S2. The molecule has 6 nitrogen and oxygen atoms in total. The summed E-state index contributed by atoms with van der Waals surface area (Å²) in [4.78, 5) is 27.9. The maximum absolute atomic E-state index is 12.1. The number of amides is 1. The minimum absolute atomic E-state index is 0.198. The largest absolute Gasteiger partial charge is 0.467 e. The number of aryl methyl sites for hydroxylation is 1. The molecule has 0 aliphatic heterocycles. The number of esters is 1. The van der Waals surface area contributed by atoms with Crippen molar-refractivity contribution in [2.75, 3.05) is 13.7 Å². The van der Waals surface area contributed by atoms with Gasteiger partial charge in [-0.25, -0.2) is 9.78 Å². The number of rotatable bonds is 5. The molecule has 8 heteroatoms. The van der Waals surface area contributed by atoms with Crippen molar-refractivity contribution in [1.82, 2.24) is 10.3 Å². The standard InChI is InChI=1S/C13H14N2O4S2/c1-7-10(11(17)14-5-9(16)13(18)19-2)21-12(15-7)8-3-4-20-6-8/h3-4,6,9,16H,5H2,1-2H3,(H,14,17). The molecule has 0 spiro atoms. The number of hydrogen-bond acceptors (Lipinski definition) is 7. The number of aromatic nitrogens is 1. The number of hydrogen-bond donors (Lipinski definition) is 2. The maximum atomic E-state index is 12.1. The number of aliphatic hydroxyl groups is 1. The van der Waals surface area contributed by atoms with Gasteiger partial charge in [-0.3, -0.25) is 4.79 Å². The molecule has 0 fully saturated rings. The highest BCUT2D eigenvalue weighted by molar-refractivity contribution is 7.17. The van der Waals surface area contributed by atoms with Gasteiger partial charge in [0.2, 0.25) is 0 Å². The van der Waals surface area contributed by atoms with Gasteiger partial charge in [-0.2, -0.15) is 11.3 Å². The second kappa shape index (κ2) is 6.79. The van der Waals surface area contributed by atoms with Crippen molar-refractivity contribution in [2.24, 2.45) is 0 Å². The van der Waals surface area contributed by atoms with Crippen molar-refractivity contribution < 1.29 is 19.4 Å². The Balaban J connectivity index is 2.05. The molecular weight excluding hydrogens is 312 g/mol. The number of aliphatic hydroxyl groups excluding tert-OH is 1. The number of carbonyl (C=O) groups excluding carboxylic acids is 2. The van der Waals surface area contributed by atoms with Crippen LogP contribution in [0.1, 0.15) is 15.4 Å². The first kappa shape index (κ1) is 15.6. The lowest BCUT2D eigenvalue weighted by atomic mass is 10.3. The van der Waals surface area contributed by atoms with Crippen molar-refractivity contribution in [1.29, 1.82) is 0 Å². The molecule has 2 N–H and O–H groups in total. The van der Waals surface area contributed by atoms with E-state index in [4.69, 9.17) is 0 Å². The van der Waals surface area contributed by atoms with Crippen LogP contribution in [-0.2, 0) is 9.53 Å². The van der Waals surface area contributed by atoms with Crippen LogP contribution in [0.15, 0.2) is 16.8 Å². The molecule has 2 rings (SSSR count). The second-order valence-corrected chi connectivity index (χ2v) is 5.97. The average molecular weight is 326 g/mol. The van der Waals surface area contributed by atoms with Crippen molar-refractivity contribution in [3.05, 3.63) is 27.4 Å². The molecule has 112 valence electrons. The first-order valence-electron chi connectivity index (χ1n) is 6.07. The summed E-state index contributed by atoms with van der Waals surface area (Å²) >= 11 is 2.84. The van der Waals surface area contributed by atoms with Crippen LogP contribution in [0.3, 0.4) is 0 Å². The van der Waals surface area contributed by atoms with E-state index in [0.717, 1.165) is 10.6 Å². The van der Waals surface area contributed by atoms with Crippen LogP contribution >= 0.6 is 22.7 Å². The van der Waals surface area contributed by atoms with Crippen LogP contribution in [-0.4, -0.2) is 41.7 Å². The highest BCUT2D eigenvalue weighted by Gasteiger charge is 2.20. The minimum Gasteiger partial charge on any atom is -0.467 e. The van der Waals surface area contributed by atoms with Crippen LogP contribution in [0.25, 0.3) is 10.6 Å². The van der Waals surface area contributed by atoms with Crippen LogP contribution in [0.5, 0.6) is 0 Å². The Morgan fingerprint density at radius 3 is 2.90 bits per heavy atom. The van der Waals surface area contributed by atoms with E-state index in [1.165, 1.54) is 18.4 Å². The molecule has 0 bridgehead atoms. The Labute approximate surface area is 129 Å². The van der Waals surface area contributed by atoms with Gasteiger partial charge < -0.3 is 15.2 Å². The maximum Gasteiger partial charge on any atom is 0.336 e. The third kappa shape index (κ3) is 3.66. The number of nitrogens with one attached hydrogen (secondary N) is 1. The van der Waals surface area contributed by atoms with Gasteiger partial charge in [0, 0.05) is 10.9 Å². The Kier molecular flexibility index (Phi) is 5.05. The summed E-state index contributed by atoms with van der Waals surface area (Å²) in [7, 11) is 1.17. The zero-order chi connectivity index (χ0) is 15.4. The Bertz CT molecular complexity index is 637. The SMILES string of the molecule is COC(=O)C(O)CNC(=O)c1sc(-c2ccsc2)nc1C. The molecule has 1 unspecified atom stereocenters. The lowest BCUT2D eigenvalue weighted by Crippen LogP contribution is -2.37. The van der Waals surface area contributed by atoms with Gasteiger partial charge in [-0.1, -0.05) is 0 Å². The summed E-state index contributed by atoms with van der Waals surface area (Å²) in [6, 6.07) is 1.94. The van der Waals surface area contributed by atoms with Gasteiger partial charge in [0.15, 0.2) is 6.10 Å². The van der Waals surface area contributed by atoms with Crippen LogP contribution in [0, 0.1) is 6.92 Å². The quantitative estimate of drug-likeness (QED) is 0.812. The Morgan fingerprint density at radius 1 is 1.52 bits per heavy atom. The fraction of sp³-hybridized carbons (Fsp3) is 0.308. The molecule has 0 aromatic carbocycles. The summed E-state index contributed by atoms with van der Waals surface area (Å²) in [6.07, 6.45) is -1.37. The molecule has 1 atom stereocenters. The van der Waals surface area contributed by atoms with Crippen LogP contribution in [0.4, 0.5) is 0 Å². The summed E-state index contributed by atoms with van der Waals surface area (Å²) in [5.41, 5.74) is 1.59. The lowest BCUT2D eigenvalue weighted by Gasteiger charge is -2.08. The molecule has 2 aromatic rings. The predicted octanol–water partition coefficient (Wildman–Crippen LogP) is 1.44. The molecule has 21 heavy (non-hydrogen) atoms. The van der Waals surface area contributed by atoms with E-state index in [1.54, 1.807) is 18.3 Å². The number of nitrogens with zero attached hydrogens (tertiary/aromatic N) is 1. The van der Waals surface area contributed by atoms with Gasteiger partial charge in [0.1, 0.15) is 9.88 Å². The molecule has 0 saturated carbocycles. The van der Waals surface area contributed by atoms with E-state index < -0.39 is 12.1 Å². The predicted molar refractivity (Wildman–Crippen MR) is 80.5 cm³/mol. The van der Waals surface area contributed by atoms with E-state index in [1.807, 2.05) is 16.8 Å². The molecule has 0 aliphatic rings. The number of carbonyl (C=O) groups is 2. The first-order chi connectivity index (χ1) is 10.0. The second-order valence-electron chi connectivity index (χ2n) is 4.19. The topological polar surface area (TPSA) is 88.5 Å². The highest BCUT2D eigenvalue weighted by Crippen LogP contribution is 2.29. The fourth-order valence-corrected chi connectivity index (χ4v) is 3.30. The normalized spacial score (nSPS) is 12.0. The Hall–Kier alpha value is -1.77. The van der Waals surface area contributed by atoms with Gasteiger partial charge in [-0.05, 0) is 18.4 Å². The smallest absolute Gasteiger partial charge is 0.336 e. The van der Waals surface area contributed by atoms with Crippen LogP contribution < -0.4 is 5.32 Å². The van der Waals surface area contributed by atoms with E-state index >= 15 is 0 Å². The summed E-state index contributed by atoms with van der Waals surface area (Å²) in [5.74, 6) is -1.15. The highest BCUT2D eigenvalue weighted by atomic mass is 32.1. The monoisotopic (exact) mass is 326 g/mol. The number of methoxy groups -OCH3 is 1. The van der Waals surface area contributed by atoms with Crippen molar-refractivity contribution in [2.45, 2.75) is 13.0 Å². The van der Waals surface area contributed by atoms with Crippen molar-refractivity contribution in [3.63, 3.8) is 0 Å². The molecule has 2 heterocycles. The number of thiazole rings is 1. The van der Waals surface area contributed by atoms with Gasteiger partial charge >= 0.3 is 5.97 Å². The van der Waals surface area contributed by atoms with Crippen molar-refractivity contribution in [3.8, 4) is 10.6 Å². The number of thiophene rings is 1. The van der Waals surface area contributed by atoms with E-state index in [0.29, 0.717) is 10.6 Å². The zero-order valence-electron chi connectivity index (χ0n) is 11.5. The van der Waals surface area contributed by atoms with E-state index in [-0.39, 0.29) is 12.5 Å². The summed E-state index contributed by atoms with van der Waals surface area (Å²) < 4.78 is 4.38. The molecule has 1 amide bonds. The third-order valence-electron chi connectivity index (χ3n) is 2.70. The van der Waals surface area contributed by atoms with E-state index in [2.05, 4.69) is 15.0 Å². The van der Waals surface area contributed by atoms with Crippen molar-refractivity contribution >= 4 is 34.6 Å². The van der Waals surface area contributed by atoms with Crippen LogP contribution in [0.2, 0.25) is 0 Å². The summed E-state index contributed by atoms with van der Waals surface area (Å²) in [6.45, 7) is 1.55. The third-order valence-corrected chi connectivity index (χ3v) is 4.59. The summed E-state index contributed by atoms with van der Waals surface area (Å²) in [5, 5.41) is 16.6. The average Bonchev–Trinajstić information content (AvgIpc) is 3.12. The Morgan fingerprint density at radius 2 is 2.29 bits per heavy atom.